The number of fused-ring (bicyclic) bond motifs is 2. The van der Waals surface area contributed by atoms with Crippen molar-refractivity contribution in [3.63, 3.8) is 0 Å². The first-order chi connectivity index (χ1) is 17.4. The molecular formula is C26H30ClN3O6. The zero-order chi connectivity index (χ0) is 25.7. The molecule has 36 heavy (non-hydrogen) atoms. The maximum atomic E-state index is 13.3. The van der Waals surface area contributed by atoms with Gasteiger partial charge in [-0.1, -0.05) is 29.8 Å². The van der Waals surface area contributed by atoms with Gasteiger partial charge in [0, 0.05) is 31.4 Å². The molecule has 192 valence electrons. The molecule has 2 heterocycles. The molecule has 0 radical (unpaired) electrons. The molecule has 2 aliphatic heterocycles. The normalized spacial score (nSPS) is 21.4. The molecule has 2 aliphatic rings. The van der Waals surface area contributed by atoms with Gasteiger partial charge in [0.05, 0.1) is 24.1 Å². The summed E-state index contributed by atoms with van der Waals surface area (Å²) in [5.41, 5.74) is 1.71. The zero-order valence-corrected chi connectivity index (χ0v) is 21.0. The van der Waals surface area contributed by atoms with E-state index < -0.39 is 0 Å². The SMILES string of the molecule is COCC(=O)Nc1ccc2c(c1)C(=O)N(C)[C@@H]1CC[C@H](CC(=O)NCc3ccccc3Cl)O[C@H]1CO2. The van der Waals surface area contributed by atoms with Crippen LogP contribution in [-0.2, 0) is 25.6 Å². The summed E-state index contributed by atoms with van der Waals surface area (Å²) in [7, 11) is 3.18. The molecule has 0 spiro atoms. The van der Waals surface area contributed by atoms with E-state index in [2.05, 4.69) is 10.6 Å². The lowest BCUT2D eigenvalue weighted by atomic mass is 9.94. The number of nitrogens with one attached hydrogen (secondary N) is 2. The Morgan fingerprint density at radius 1 is 1.17 bits per heavy atom. The van der Waals surface area contributed by atoms with Gasteiger partial charge in [-0.15, -0.1) is 0 Å². The number of amides is 3. The Balaban J connectivity index is 1.38. The van der Waals surface area contributed by atoms with Crippen LogP contribution >= 0.6 is 11.6 Å². The number of methoxy groups -OCH3 is 1. The van der Waals surface area contributed by atoms with Crippen molar-refractivity contribution in [3.05, 3.63) is 58.6 Å². The third-order valence-electron chi connectivity index (χ3n) is 6.42. The molecule has 2 aromatic carbocycles. The van der Waals surface area contributed by atoms with Crippen LogP contribution in [0, 0.1) is 0 Å². The molecule has 0 aliphatic carbocycles. The van der Waals surface area contributed by atoms with Crippen LogP contribution in [0.15, 0.2) is 42.5 Å². The molecule has 0 aromatic heterocycles. The van der Waals surface area contributed by atoms with Crippen LogP contribution in [0.1, 0.15) is 35.2 Å². The number of nitrogens with zero attached hydrogens (tertiary/aromatic N) is 1. The Morgan fingerprint density at radius 3 is 2.75 bits per heavy atom. The van der Waals surface area contributed by atoms with E-state index >= 15 is 0 Å². The number of rotatable bonds is 7. The molecule has 0 saturated carbocycles. The molecule has 10 heteroatoms. The monoisotopic (exact) mass is 515 g/mol. The minimum absolute atomic E-state index is 0.0816. The van der Waals surface area contributed by atoms with Crippen LogP contribution in [0.3, 0.4) is 0 Å². The topological polar surface area (TPSA) is 106 Å². The van der Waals surface area contributed by atoms with E-state index in [-0.39, 0.29) is 55.6 Å². The van der Waals surface area contributed by atoms with Gasteiger partial charge in [0.2, 0.25) is 11.8 Å². The standard InChI is InChI=1S/C26H30ClN3O6/c1-30-21-9-8-18(12-24(31)28-13-16-5-3-4-6-20(16)27)36-23(21)14-35-22-10-7-17(11-19(22)26(30)33)29-25(32)15-34-2/h3-7,10-11,18,21,23H,8-9,12-15H2,1-2H3,(H,28,31)(H,29,32)/t18-,21-,23+/m1/s1. The van der Waals surface area contributed by atoms with E-state index in [4.69, 9.17) is 25.8 Å². The largest absolute Gasteiger partial charge is 0.490 e. The van der Waals surface area contributed by atoms with Crippen LogP contribution in [0.25, 0.3) is 0 Å². The summed E-state index contributed by atoms with van der Waals surface area (Å²) in [6.45, 7) is 0.506. The van der Waals surface area contributed by atoms with E-state index in [1.807, 2.05) is 18.2 Å². The smallest absolute Gasteiger partial charge is 0.257 e. The second kappa shape index (κ2) is 11.7. The number of carbonyl (C=O) groups is 3. The van der Waals surface area contributed by atoms with Crippen molar-refractivity contribution < 1.29 is 28.6 Å². The van der Waals surface area contributed by atoms with Crippen LogP contribution < -0.4 is 15.4 Å². The minimum Gasteiger partial charge on any atom is -0.490 e. The third kappa shape index (κ3) is 6.16. The zero-order valence-electron chi connectivity index (χ0n) is 20.3. The van der Waals surface area contributed by atoms with Crippen molar-refractivity contribution >= 4 is 35.0 Å². The summed E-state index contributed by atoms with van der Waals surface area (Å²) < 4.78 is 17.0. The highest BCUT2D eigenvalue weighted by Crippen LogP contribution is 2.32. The van der Waals surface area contributed by atoms with E-state index in [1.54, 1.807) is 36.2 Å². The second-order valence-electron chi connectivity index (χ2n) is 8.93. The number of halogens is 1. The van der Waals surface area contributed by atoms with E-state index in [0.29, 0.717) is 41.4 Å². The first-order valence-electron chi connectivity index (χ1n) is 11.8. The number of hydrogen-bond acceptors (Lipinski definition) is 6. The highest BCUT2D eigenvalue weighted by Gasteiger charge is 2.39. The average Bonchev–Trinajstić information content (AvgIpc) is 2.86. The van der Waals surface area contributed by atoms with Crippen molar-refractivity contribution in [2.24, 2.45) is 0 Å². The molecule has 3 amide bonds. The van der Waals surface area contributed by atoms with Gasteiger partial charge in [-0.3, -0.25) is 14.4 Å². The molecule has 2 aromatic rings. The molecule has 9 nitrogen and oxygen atoms in total. The lowest BCUT2D eigenvalue weighted by molar-refractivity contribution is -0.134. The van der Waals surface area contributed by atoms with Crippen molar-refractivity contribution in [2.75, 3.05) is 32.7 Å². The summed E-state index contributed by atoms with van der Waals surface area (Å²) in [6.07, 6.45) is 0.883. The number of hydrogen-bond donors (Lipinski definition) is 2. The molecule has 3 atom stereocenters. The quantitative estimate of drug-likeness (QED) is 0.587. The molecule has 0 bridgehead atoms. The Kier molecular flexibility index (Phi) is 8.45. The van der Waals surface area contributed by atoms with Crippen molar-refractivity contribution in [2.45, 2.75) is 44.1 Å². The van der Waals surface area contributed by atoms with Crippen LogP contribution in [-0.4, -0.2) is 68.2 Å². The molecule has 4 rings (SSSR count). The predicted molar refractivity (Wildman–Crippen MR) is 134 cm³/mol. The van der Waals surface area contributed by atoms with Crippen LogP contribution in [0.2, 0.25) is 5.02 Å². The number of likely N-dealkylation sites (N-methyl/N-ethyl adjacent to an activating group) is 1. The average molecular weight is 516 g/mol. The van der Waals surface area contributed by atoms with Gasteiger partial charge in [-0.05, 0) is 42.7 Å². The fourth-order valence-electron chi connectivity index (χ4n) is 4.55. The van der Waals surface area contributed by atoms with Crippen LogP contribution in [0.4, 0.5) is 5.69 Å². The summed E-state index contributed by atoms with van der Waals surface area (Å²) in [5, 5.41) is 6.22. The number of benzene rings is 2. The van der Waals surface area contributed by atoms with Gasteiger partial charge >= 0.3 is 0 Å². The van der Waals surface area contributed by atoms with Gasteiger partial charge < -0.3 is 29.7 Å². The fourth-order valence-corrected chi connectivity index (χ4v) is 4.75. The maximum absolute atomic E-state index is 13.3. The van der Waals surface area contributed by atoms with Crippen LogP contribution in [0.5, 0.6) is 5.75 Å². The molecule has 1 fully saturated rings. The maximum Gasteiger partial charge on any atom is 0.257 e. The highest BCUT2D eigenvalue weighted by molar-refractivity contribution is 6.31. The summed E-state index contributed by atoms with van der Waals surface area (Å²) in [5.74, 6) is -0.240. The predicted octanol–water partition coefficient (Wildman–Crippen LogP) is 3.01. The third-order valence-corrected chi connectivity index (χ3v) is 6.79. The Hall–Kier alpha value is -3.14. The van der Waals surface area contributed by atoms with Crippen molar-refractivity contribution in [1.82, 2.24) is 10.2 Å². The summed E-state index contributed by atoms with van der Waals surface area (Å²) >= 11 is 6.16. The van der Waals surface area contributed by atoms with Gasteiger partial charge in [-0.25, -0.2) is 0 Å². The lowest BCUT2D eigenvalue weighted by Gasteiger charge is -2.42. The van der Waals surface area contributed by atoms with Gasteiger partial charge in [-0.2, -0.15) is 0 Å². The summed E-state index contributed by atoms with van der Waals surface area (Å²) in [4.78, 5) is 39.4. The van der Waals surface area contributed by atoms with Gasteiger partial charge in [0.25, 0.3) is 5.91 Å². The minimum atomic E-state index is -0.372. The lowest BCUT2D eigenvalue weighted by Crippen LogP contribution is -2.53. The molecule has 1 saturated heterocycles. The number of ether oxygens (including phenoxy) is 3. The number of carbonyl (C=O) groups excluding carboxylic acids is 3. The first kappa shape index (κ1) is 25.9. The molecular weight excluding hydrogens is 486 g/mol. The summed E-state index contributed by atoms with van der Waals surface area (Å²) in [6, 6.07) is 12.1. The van der Waals surface area contributed by atoms with Crippen molar-refractivity contribution in [1.29, 1.82) is 0 Å². The fraction of sp³-hybridized carbons (Fsp3) is 0.423. The molecule has 2 N–H and O–H groups in total. The number of anilines is 1. The second-order valence-corrected chi connectivity index (χ2v) is 9.34. The van der Waals surface area contributed by atoms with Gasteiger partial charge in [0.15, 0.2) is 0 Å². The van der Waals surface area contributed by atoms with E-state index in [0.717, 1.165) is 5.56 Å². The first-order valence-corrected chi connectivity index (χ1v) is 12.2. The Morgan fingerprint density at radius 2 is 1.97 bits per heavy atom. The van der Waals surface area contributed by atoms with E-state index in [1.165, 1.54) is 7.11 Å². The Bertz CT molecular complexity index is 1130. The van der Waals surface area contributed by atoms with Gasteiger partial charge in [0.1, 0.15) is 25.1 Å². The van der Waals surface area contributed by atoms with Crippen molar-refractivity contribution in [3.8, 4) is 5.75 Å². The molecule has 0 unspecified atom stereocenters. The Labute approximate surface area is 215 Å². The van der Waals surface area contributed by atoms with E-state index in [9.17, 15) is 14.4 Å². The highest BCUT2D eigenvalue weighted by atomic mass is 35.5.